The van der Waals surface area contributed by atoms with E-state index in [-0.39, 0.29) is 5.69 Å². The number of aromatic amines is 1. The van der Waals surface area contributed by atoms with Gasteiger partial charge in [0.05, 0.1) is 17.3 Å². The lowest BCUT2D eigenvalue weighted by Gasteiger charge is -2.01. The van der Waals surface area contributed by atoms with E-state index in [1.807, 2.05) is 6.07 Å². The number of nitrogens with zero attached hydrogens (tertiary/aromatic N) is 2. The number of nitriles is 1. The van der Waals surface area contributed by atoms with Gasteiger partial charge in [0, 0.05) is 5.56 Å². The number of carbonyl (C=O) groups is 1. The number of rotatable bonds is 2. The van der Waals surface area contributed by atoms with E-state index < -0.39 is 5.97 Å². The van der Waals surface area contributed by atoms with Gasteiger partial charge in [-0.15, -0.1) is 0 Å². The number of benzene rings is 1. The van der Waals surface area contributed by atoms with E-state index >= 15 is 0 Å². The summed E-state index contributed by atoms with van der Waals surface area (Å²) in [7, 11) is 0. The van der Waals surface area contributed by atoms with Crippen molar-refractivity contribution in [1.82, 2.24) is 10.2 Å². The van der Waals surface area contributed by atoms with Crippen molar-refractivity contribution in [3.8, 4) is 17.2 Å². The predicted octanol–water partition coefficient (Wildman–Crippen LogP) is 1.95. The van der Waals surface area contributed by atoms with Gasteiger partial charge < -0.3 is 5.11 Å². The minimum absolute atomic E-state index is 0.0394. The summed E-state index contributed by atoms with van der Waals surface area (Å²) in [5, 5.41) is 24.2. The maximum absolute atomic E-state index is 11.0. The summed E-state index contributed by atoms with van der Waals surface area (Å²) in [6.45, 7) is 1.72. The van der Waals surface area contributed by atoms with Gasteiger partial charge in [-0.05, 0) is 24.6 Å². The Morgan fingerprint density at radius 2 is 2.29 bits per heavy atom. The highest BCUT2D eigenvalue weighted by molar-refractivity contribution is 5.94. The number of hydrogen-bond acceptors (Lipinski definition) is 3. The van der Waals surface area contributed by atoms with Crippen molar-refractivity contribution >= 4 is 5.97 Å². The molecule has 0 saturated heterocycles. The molecule has 0 spiro atoms. The van der Waals surface area contributed by atoms with Crippen molar-refractivity contribution < 1.29 is 9.90 Å². The number of aromatic nitrogens is 2. The first-order chi connectivity index (χ1) is 8.13. The molecule has 0 aliphatic heterocycles. The molecule has 17 heavy (non-hydrogen) atoms. The highest BCUT2D eigenvalue weighted by Gasteiger charge is 2.17. The molecule has 0 unspecified atom stereocenters. The molecule has 2 rings (SSSR count). The van der Waals surface area contributed by atoms with Crippen molar-refractivity contribution in [3.05, 3.63) is 41.2 Å². The fourth-order valence-electron chi connectivity index (χ4n) is 1.68. The number of aryl methyl sites for hydroxylation is 1. The molecule has 0 atom stereocenters. The number of carboxylic acid groups (broad SMARTS) is 1. The van der Waals surface area contributed by atoms with Crippen LogP contribution < -0.4 is 0 Å². The normalized spacial score (nSPS) is 9.88. The molecule has 0 saturated carbocycles. The van der Waals surface area contributed by atoms with Gasteiger partial charge >= 0.3 is 5.97 Å². The number of carboxylic acids is 1. The van der Waals surface area contributed by atoms with Gasteiger partial charge in [0.1, 0.15) is 0 Å². The van der Waals surface area contributed by atoms with E-state index in [9.17, 15) is 4.79 Å². The molecule has 2 N–H and O–H groups in total. The van der Waals surface area contributed by atoms with Crippen LogP contribution in [0.25, 0.3) is 11.1 Å². The fraction of sp³-hybridized carbons (Fsp3) is 0.0833. The summed E-state index contributed by atoms with van der Waals surface area (Å²) < 4.78 is 0. The van der Waals surface area contributed by atoms with Crippen molar-refractivity contribution in [3.63, 3.8) is 0 Å². The lowest BCUT2D eigenvalue weighted by atomic mass is 10.0. The second kappa shape index (κ2) is 4.10. The van der Waals surface area contributed by atoms with Crippen molar-refractivity contribution in [2.24, 2.45) is 0 Å². The molecule has 1 aromatic heterocycles. The van der Waals surface area contributed by atoms with Gasteiger partial charge in [-0.2, -0.15) is 10.4 Å². The van der Waals surface area contributed by atoms with Gasteiger partial charge in [-0.25, -0.2) is 4.79 Å². The first-order valence-corrected chi connectivity index (χ1v) is 4.92. The molecule has 84 valence electrons. The molecule has 5 heteroatoms. The predicted molar refractivity (Wildman–Crippen MR) is 60.4 cm³/mol. The van der Waals surface area contributed by atoms with Gasteiger partial charge in [-0.1, -0.05) is 12.1 Å². The Morgan fingerprint density at radius 3 is 2.94 bits per heavy atom. The zero-order valence-corrected chi connectivity index (χ0v) is 9.06. The molecule has 0 fully saturated rings. The Kier molecular flexibility index (Phi) is 2.63. The van der Waals surface area contributed by atoms with Crippen LogP contribution in [-0.2, 0) is 0 Å². The maximum Gasteiger partial charge on any atom is 0.354 e. The van der Waals surface area contributed by atoms with E-state index in [1.165, 1.54) is 0 Å². The van der Waals surface area contributed by atoms with Crippen molar-refractivity contribution in [2.45, 2.75) is 6.92 Å². The average Bonchev–Trinajstić information content (AvgIpc) is 2.71. The van der Waals surface area contributed by atoms with Crippen LogP contribution in [0, 0.1) is 18.3 Å². The van der Waals surface area contributed by atoms with E-state index in [0.29, 0.717) is 22.4 Å². The molecule has 0 radical (unpaired) electrons. The van der Waals surface area contributed by atoms with Crippen LogP contribution in [-0.4, -0.2) is 21.3 Å². The van der Waals surface area contributed by atoms with Gasteiger partial charge in [0.2, 0.25) is 0 Å². The second-order valence-electron chi connectivity index (χ2n) is 3.56. The van der Waals surface area contributed by atoms with Crippen LogP contribution in [0.15, 0.2) is 24.3 Å². The minimum Gasteiger partial charge on any atom is -0.477 e. The molecular formula is C12H9N3O2. The topological polar surface area (TPSA) is 89.8 Å². The van der Waals surface area contributed by atoms with Crippen LogP contribution in [0.4, 0.5) is 0 Å². The van der Waals surface area contributed by atoms with Crippen LogP contribution in [0.3, 0.4) is 0 Å². The molecule has 1 heterocycles. The van der Waals surface area contributed by atoms with Gasteiger partial charge in [-0.3, -0.25) is 5.10 Å². The third kappa shape index (κ3) is 1.88. The monoisotopic (exact) mass is 227 g/mol. The lowest BCUT2D eigenvalue weighted by molar-refractivity contribution is 0.0691. The Morgan fingerprint density at radius 1 is 1.53 bits per heavy atom. The highest BCUT2D eigenvalue weighted by atomic mass is 16.4. The first kappa shape index (κ1) is 10.9. The molecular weight excluding hydrogens is 218 g/mol. The Labute approximate surface area is 97.3 Å². The number of H-pyrrole nitrogens is 1. The van der Waals surface area contributed by atoms with E-state index in [4.69, 9.17) is 10.4 Å². The average molecular weight is 227 g/mol. The quantitative estimate of drug-likeness (QED) is 0.820. The van der Waals surface area contributed by atoms with E-state index in [1.54, 1.807) is 31.2 Å². The molecule has 0 aliphatic rings. The second-order valence-corrected chi connectivity index (χ2v) is 3.56. The maximum atomic E-state index is 11.0. The summed E-state index contributed by atoms with van der Waals surface area (Å²) in [6, 6.07) is 8.80. The molecule has 2 aromatic rings. The number of hydrogen-bond donors (Lipinski definition) is 2. The third-order valence-electron chi connectivity index (χ3n) is 2.44. The Bertz CT molecular complexity index is 623. The first-order valence-electron chi connectivity index (χ1n) is 4.92. The van der Waals surface area contributed by atoms with Crippen LogP contribution in [0.1, 0.15) is 21.7 Å². The minimum atomic E-state index is -1.07. The molecule has 0 bridgehead atoms. The van der Waals surface area contributed by atoms with Gasteiger partial charge in [0.25, 0.3) is 0 Å². The van der Waals surface area contributed by atoms with Crippen molar-refractivity contribution in [1.29, 1.82) is 5.26 Å². The smallest absolute Gasteiger partial charge is 0.354 e. The standard InChI is InChI=1S/C12H9N3O2/c1-7-10(11(12(16)17)15-14-7)9-4-2-3-8(5-9)6-13/h2-5H,1H3,(H,14,15)(H,16,17). The van der Waals surface area contributed by atoms with Crippen LogP contribution in [0.5, 0.6) is 0 Å². The third-order valence-corrected chi connectivity index (χ3v) is 2.44. The van der Waals surface area contributed by atoms with Gasteiger partial charge in [0.15, 0.2) is 5.69 Å². The van der Waals surface area contributed by atoms with E-state index in [2.05, 4.69) is 10.2 Å². The summed E-state index contributed by atoms with van der Waals surface area (Å²) in [5.74, 6) is -1.07. The summed E-state index contributed by atoms with van der Waals surface area (Å²) in [6.07, 6.45) is 0. The number of nitrogens with one attached hydrogen (secondary N) is 1. The largest absolute Gasteiger partial charge is 0.477 e. The Balaban J connectivity index is 2.64. The molecule has 1 aromatic carbocycles. The molecule has 0 aliphatic carbocycles. The zero-order chi connectivity index (χ0) is 12.4. The Hall–Kier alpha value is -2.61. The van der Waals surface area contributed by atoms with Crippen molar-refractivity contribution in [2.75, 3.05) is 0 Å². The van der Waals surface area contributed by atoms with Crippen LogP contribution >= 0.6 is 0 Å². The summed E-state index contributed by atoms with van der Waals surface area (Å²) in [4.78, 5) is 11.0. The number of aromatic carboxylic acids is 1. The fourth-order valence-corrected chi connectivity index (χ4v) is 1.68. The summed E-state index contributed by atoms with van der Waals surface area (Å²) >= 11 is 0. The zero-order valence-electron chi connectivity index (χ0n) is 9.06. The van der Waals surface area contributed by atoms with E-state index in [0.717, 1.165) is 0 Å². The molecule has 5 nitrogen and oxygen atoms in total. The highest BCUT2D eigenvalue weighted by Crippen LogP contribution is 2.26. The SMILES string of the molecule is Cc1n[nH]c(C(=O)O)c1-c1cccc(C#N)c1. The summed E-state index contributed by atoms with van der Waals surface area (Å²) in [5.41, 5.74) is 2.32. The van der Waals surface area contributed by atoms with Crippen LogP contribution in [0.2, 0.25) is 0 Å². The molecule has 0 amide bonds. The lowest BCUT2D eigenvalue weighted by Crippen LogP contribution is -1.99.